The molecule has 3 rings (SSSR count). The molecule has 26 heavy (non-hydrogen) atoms. The number of hydrogen-bond donors (Lipinski definition) is 4. The average molecular weight is 349 g/mol. The number of nitrogens with one attached hydrogen (secondary N) is 2. The number of phenolic OH excluding ortho intramolecular Hbond substituents is 1. The zero-order chi connectivity index (χ0) is 18.4. The summed E-state index contributed by atoms with van der Waals surface area (Å²) in [5.41, 5.74) is 8.94. The summed E-state index contributed by atoms with van der Waals surface area (Å²) in [6, 6.07) is 19.2. The summed E-state index contributed by atoms with van der Waals surface area (Å²) in [5.74, 6) is 0.494. The van der Waals surface area contributed by atoms with Gasteiger partial charge in [0.1, 0.15) is 5.75 Å². The highest BCUT2D eigenvalue weighted by molar-refractivity contribution is 5.73. The zero-order valence-corrected chi connectivity index (χ0v) is 14.7. The number of rotatable bonds is 7. The molecule has 1 heterocycles. The minimum Gasteiger partial charge on any atom is -0.507 e. The van der Waals surface area contributed by atoms with Crippen molar-refractivity contribution in [3.05, 3.63) is 60.7 Å². The first-order chi connectivity index (χ1) is 12.7. The van der Waals surface area contributed by atoms with Crippen molar-refractivity contribution < 1.29 is 5.11 Å². The highest BCUT2D eigenvalue weighted by Gasteiger charge is 2.11. The molecule has 0 aliphatic rings. The highest BCUT2D eigenvalue weighted by Crippen LogP contribution is 2.29. The summed E-state index contributed by atoms with van der Waals surface area (Å²) < 4.78 is 0. The number of aromatic nitrogens is 2. The van der Waals surface area contributed by atoms with Gasteiger partial charge in [0.15, 0.2) is 5.82 Å². The molecule has 5 N–H and O–H groups in total. The summed E-state index contributed by atoms with van der Waals surface area (Å²) >= 11 is 0. The standard InChI is InChI=1S/C20H23N5O/c1-2-14(23-15-8-4-3-5-9-15)13-22-18-12-17(24-25-20(18)21)16-10-6-7-11-19(16)26/h3-12,14,23,26H,2,13H2,1H3,(H2,21,25)(H,22,24). The largest absolute Gasteiger partial charge is 0.507 e. The second-order valence-electron chi connectivity index (χ2n) is 6.04. The van der Waals surface area contributed by atoms with Crippen molar-refractivity contribution in [3.63, 3.8) is 0 Å². The first-order valence-electron chi connectivity index (χ1n) is 8.64. The molecule has 6 nitrogen and oxygen atoms in total. The molecule has 6 heteroatoms. The maximum absolute atomic E-state index is 10.0. The lowest BCUT2D eigenvalue weighted by Crippen LogP contribution is -2.27. The molecule has 2 aromatic carbocycles. The molecular weight excluding hydrogens is 326 g/mol. The molecule has 0 fully saturated rings. The van der Waals surface area contributed by atoms with Crippen LogP contribution < -0.4 is 16.4 Å². The summed E-state index contributed by atoms with van der Waals surface area (Å²) in [6.45, 7) is 2.81. The maximum atomic E-state index is 10.0. The van der Waals surface area contributed by atoms with Crippen LogP contribution in [0.4, 0.5) is 17.2 Å². The topological polar surface area (TPSA) is 96.1 Å². The third-order valence-electron chi connectivity index (χ3n) is 4.18. The van der Waals surface area contributed by atoms with Gasteiger partial charge in [0.25, 0.3) is 0 Å². The van der Waals surface area contributed by atoms with Crippen molar-refractivity contribution in [2.75, 3.05) is 22.9 Å². The van der Waals surface area contributed by atoms with Crippen molar-refractivity contribution >= 4 is 17.2 Å². The van der Waals surface area contributed by atoms with Crippen LogP contribution in [0.25, 0.3) is 11.3 Å². The minimum atomic E-state index is 0.162. The molecule has 0 radical (unpaired) electrons. The Labute approximate surface area is 153 Å². The van der Waals surface area contributed by atoms with E-state index in [1.165, 1.54) is 0 Å². The van der Waals surface area contributed by atoms with Crippen LogP contribution in [0.5, 0.6) is 5.75 Å². The van der Waals surface area contributed by atoms with Crippen molar-refractivity contribution in [2.24, 2.45) is 0 Å². The lowest BCUT2D eigenvalue weighted by molar-refractivity contribution is 0.477. The Hall–Kier alpha value is -3.28. The quantitative estimate of drug-likeness (QED) is 0.519. The second kappa shape index (κ2) is 8.20. The van der Waals surface area contributed by atoms with E-state index < -0.39 is 0 Å². The SMILES string of the molecule is CCC(CNc1cc(-c2ccccc2O)nnc1N)Nc1ccccc1. The monoisotopic (exact) mass is 349 g/mol. The van der Waals surface area contributed by atoms with E-state index in [9.17, 15) is 5.11 Å². The number of para-hydroxylation sites is 2. The average Bonchev–Trinajstić information content (AvgIpc) is 2.67. The Morgan fingerprint density at radius 3 is 2.50 bits per heavy atom. The Morgan fingerprint density at radius 1 is 1.04 bits per heavy atom. The van der Waals surface area contributed by atoms with Crippen molar-refractivity contribution in [2.45, 2.75) is 19.4 Å². The first kappa shape index (κ1) is 17.5. The summed E-state index contributed by atoms with van der Waals surface area (Å²) in [6.07, 6.45) is 0.951. The molecule has 0 saturated carbocycles. The number of phenols is 1. The van der Waals surface area contributed by atoms with Gasteiger partial charge in [-0.2, -0.15) is 0 Å². The molecule has 0 bridgehead atoms. The van der Waals surface area contributed by atoms with Crippen LogP contribution in [0.2, 0.25) is 0 Å². The second-order valence-corrected chi connectivity index (χ2v) is 6.04. The van der Waals surface area contributed by atoms with Gasteiger partial charge in [-0.3, -0.25) is 0 Å². The van der Waals surface area contributed by atoms with E-state index in [4.69, 9.17) is 5.73 Å². The Balaban J connectivity index is 1.73. The predicted octanol–water partition coefficient (Wildman–Crippen LogP) is 3.73. The number of benzene rings is 2. The smallest absolute Gasteiger partial charge is 0.169 e. The molecule has 134 valence electrons. The van der Waals surface area contributed by atoms with Crippen molar-refractivity contribution in [3.8, 4) is 17.0 Å². The summed E-state index contributed by atoms with van der Waals surface area (Å²) in [7, 11) is 0. The van der Waals surface area contributed by atoms with E-state index in [0.29, 0.717) is 29.3 Å². The molecular formula is C20H23N5O. The van der Waals surface area contributed by atoms with Gasteiger partial charge in [0.05, 0.1) is 11.4 Å². The van der Waals surface area contributed by atoms with E-state index in [1.54, 1.807) is 18.2 Å². The van der Waals surface area contributed by atoms with E-state index in [1.807, 2.05) is 42.5 Å². The fourth-order valence-electron chi connectivity index (χ4n) is 2.67. The van der Waals surface area contributed by atoms with Gasteiger partial charge in [-0.05, 0) is 36.8 Å². The molecule has 0 saturated heterocycles. The van der Waals surface area contributed by atoms with Gasteiger partial charge in [-0.25, -0.2) is 0 Å². The minimum absolute atomic E-state index is 0.162. The van der Waals surface area contributed by atoms with E-state index >= 15 is 0 Å². The van der Waals surface area contributed by atoms with Crippen LogP contribution in [0.1, 0.15) is 13.3 Å². The lowest BCUT2D eigenvalue weighted by atomic mass is 10.1. The highest BCUT2D eigenvalue weighted by atomic mass is 16.3. The van der Waals surface area contributed by atoms with Crippen LogP contribution in [-0.2, 0) is 0 Å². The number of nitrogen functional groups attached to an aromatic ring is 1. The number of nitrogens with two attached hydrogens (primary N) is 1. The maximum Gasteiger partial charge on any atom is 0.169 e. The molecule has 0 aliphatic carbocycles. The predicted molar refractivity (Wildman–Crippen MR) is 106 cm³/mol. The van der Waals surface area contributed by atoms with Crippen LogP contribution in [0, 0.1) is 0 Å². The fourth-order valence-corrected chi connectivity index (χ4v) is 2.67. The molecule has 0 amide bonds. The third-order valence-corrected chi connectivity index (χ3v) is 4.18. The molecule has 3 aromatic rings. The number of aromatic hydroxyl groups is 1. The normalized spacial score (nSPS) is 11.7. The van der Waals surface area contributed by atoms with Crippen LogP contribution in [0.3, 0.4) is 0 Å². The number of hydrogen-bond acceptors (Lipinski definition) is 6. The first-order valence-corrected chi connectivity index (χ1v) is 8.64. The van der Waals surface area contributed by atoms with Gasteiger partial charge in [0, 0.05) is 23.8 Å². The molecule has 1 atom stereocenters. The number of anilines is 3. The van der Waals surface area contributed by atoms with Gasteiger partial charge in [-0.1, -0.05) is 37.3 Å². The summed E-state index contributed by atoms with van der Waals surface area (Å²) in [5, 5.41) is 25.0. The Bertz CT molecular complexity index is 854. The number of nitrogens with zero attached hydrogens (tertiary/aromatic N) is 2. The Morgan fingerprint density at radius 2 is 1.77 bits per heavy atom. The molecule has 0 aliphatic heterocycles. The van der Waals surface area contributed by atoms with Crippen LogP contribution in [0.15, 0.2) is 60.7 Å². The molecule has 1 unspecified atom stereocenters. The Kier molecular flexibility index (Phi) is 5.53. The van der Waals surface area contributed by atoms with E-state index in [0.717, 1.165) is 12.1 Å². The van der Waals surface area contributed by atoms with Gasteiger partial charge in [-0.15, -0.1) is 10.2 Å². The molecule has 1 aromatic heterocycles. The van der Waals surface area contributed by atoms with E-state index in [-0.39, 0.29) is 11.8 Å². The summed E-state index contributed by atoms with van der Waals surface area (Å²) in [4.78, 5) is 0. The fraction of sp³-hybridized carbons (Fsp3) is 0.200. The zero-order valence-electron chi connectivity index (χ0n) is 14.7. The van der Waals surface area contributed by atoms with Gasteiger partial charge < -0.3 is 21.5 Å². The van der Waals surface area contributed by atoms with Crippen molar-refractivity contribution in [1.29, 1.82) is 0 Å². The van der Waals surface area contributed by atoms with Gasteiger partial charge >= 0.3 is 0 Å². The van der Waals surface area contributed by atoms with Crippen molar-refractivity contribution in [1.82, 2.24) is 10.2 Å². The third kappa shape index (κ3) is 4.22. The van der Waals surface area contributed by atoms with Crippen LogP contribution >= 0.6 is 0 Å². The molecule has 0 spiro atoms. The van der Waals surface area contributed by atoms with Gasteiger partial charge in [0.2, 0.25) is 0 Å². The lowest BCUT2D eigenvalue weighted by Gasteiger charge is -2.20. The van der Waals surface area contributed by atoms with E-state index in [2.05, 4.69) is 27.8 Å². The van der Waals surface area contributed by atoms with Crippen LogP contribution in [-0.4, -0.2) is 27.9 Å².